The summed E-state index contributed by atoms with van der Waals surface area (Å²) < 4.78 is 13.1. The summed E-state index contributed by atoms with van der Waals surface area (Å²) in [5.74, 6) is 0.772. The number of nitrogens with zero attached hydrogens (tertiary/aromatic N) is 3. The number of imide groups is 1. The third-order valence-electron chi connectivity index (χ3n) is 7.14. The van der Waals surface area contributed by atoms with Gasteiger partial charge in [0.1, 0.15) is 5.82 Å². The maximum Gasteiger partial charge on any atom is 0.253 e. The van der Waals surface area contributed by atoms with Gasteiger partial charge in [-0.15, -0.1) is 0 Å². The number of carbonyl (C=O) groups is 3. The zero-order valence-corrected chi connectivity index (χ0v) is 17.6. The van der Waals surface area contributed by atoms with Gasteiger partial charge < -0.3 is 4.90 Å². The van der Waals surface area contributed by atoms with Crippen LogP contribution in [-0.2, 0) is 9.59 Å². The van der Waals surface area contributed by atoms with Gasteiger partial charge in [0, 0.05) is 25.2 Å². The molecular formula is C23H30FN3O3. The fourth-order valence-corrected chi connectivity index (χ4v) is 5.33. The van der Waals surface area contributed by atoms with Gasteiger partial charge in [0.05, 0.1) is 12.5 Å². The minimum absolute atomic E-state index is 0.0202. The van der Waals surface area contributed by atoms with Crippen molar-refractivity contribution in [3.8, 4) is 0 Å². The Morgan fingerprint density at radius 1 is 0.967 bits per heavy atom. The van der Waals surface area contributed by atoms with E-state index in [-0.39, 0.29) is 29.6 Å². The molecule has 0 bridgehead atoms. The van der Waals surface area contributed by atoms with Gasteiger partial charge in [-0.25, -0.2) is 4.39 Å². The van der Waals surface area contributed by atoms with Crippen molar-refractivity contribution in [1.82, 2.24) is 14.7 Å². The molecule has 6 nitrogen and oxygen atoms in total. The van der Waals surface area contributed by atoms with Crippen molar-refractivity contribution >= 4 is 17.7 Å². The first-order valence-corrected chi connectivity index (χ1v) is 11.1. The average Bonchev–Trinajstić information content (AvgIpc) is 3.07. The second-order valence-electron chi connectivity index (χ2n) is 8.71. The van der Waals surface area contributed by atoms with Crippen LogP contribution in [0.15, 0.2) is 24.3 Å². The van der Waals surface area contributed by atoms with Crippen LogP contribution in [0, 0.1) is 17.7 Å². The van der Waals surface area contributed by atoms with Crippen LogP contribution in [-0.4, -0.2) is 71.2 Å². The molecule has 3 amide bonds. The molecular weight excluding hydrogens is 385 g/mol. The van der Waals surface area contributed by atoms with Crippen LogP contribution in [0.4, 0.5) is 4.39 Å². The molecule has 162 valence electrons. The number of likely N-dealkylation sites (tertiary alicyclic amines) is 3. The third-order valence-corrected chi connectivity index (χ3v) is 7.14. The molecule has 0 N–H and O–H groups in total. The Kier molecular flexibility index (Phi) is 6.18. The molecule has 1 aromatic carbocycles. The van der Waals surface area contributed by atoms with Crippen LogP contribution in [0.2, 0.25) is 0 Å². The van der Waals surface area contributed by atoms with Crippen LogP contribution < -0.4 is 0 Å². The summed E-state index contributed by atoms with van der Waals surface area (Å²) in [4.78, 5) is 42.6. The highest BCUT2D eigenvalue weighted by atomic mass is 19.1. The van der Waals surface area contributed by atoms with Gasteiger partial charge in [-0.2, -0.15) is 0 Å². The van der Waals surface area contributed by atoms with Crippen molar-refractivity contribution in [2.24, 2.45) is 11.8 Å². The largest absolute Gasteiger partial charge is 0.339 e. The van der Waals surface area contributed by atoms with E-state index in [4.69, 9.17) is 0 Å². The highest BCUT2D eigenvalue weighted by Gasteiger charge is 2.42. The van der Waals surface area contributed by atoms with Crippen LogP contribution in [0.25, 0.3) is 0 Å². The molecule has 0 spiro atoms. The number of rotatable bonds is 4. The molecule has 0 aromatic heterocycles. The monoisotopic (exact) mass is 415 g/mol. The Morgan fingerprint density at radius 2 is 1.53 bits per heavy atom. The first-order valence-electron chi connectivity index (χ1n) is 11.1. The van der Waals surface area contributed by atoms with Crippen molar-refractivity contribution in [3.63, 3.8) is 0 Å². The smallest absolute Gasteiger partial charge is 0.253 e. The predicted octanol–water partition coefficient (Wildman–Crippen LogP) is 2.54. The molecule has 0 saturated carbocycles. The first kappa shape index (κ1) is 21.0. The Hall–Kier alpha value is -2.28. The quantitative estimate of drug-likeness (QED) is 0.709. The molecule has 1 unspecified atom stereocenters. The molecule has 3 heterocycles. The van der Waals surface area contributed by atoms with E-state index in [0.717, 1.165) is 51.9 Å². The summed E-state index contributed by atoms with van der Waals surface area (Å²) in [5, 5.41) is 0. The van der Waals surface area contributed by atoms with E-state index in [0.29, 0.717) is 30.4 Å². The lowest BCUT2D eigenvalue weighted by atomic mass is 9.78. The van der Waals surface area contributed by atoms with Crippen LogP contribution >= 0.6 is 0 Å². The highest BCUT2D eigenvalue weighted by Crippen LogP contribution is 2.34. The van der Waals surface area contributed by atoms with Gasteiger partial charge in [-0.05, 0) is 81.8 Å². The average molecular weight is 416 g/mol. The first-order chi connectivity index (χ1) is 14.5. The normalized spacial score (nSPS) is 24.7. The van der Waals surface area contributed by atoms with Gasteiger partial charge in [-0.1, -0.05) is 0 Å². The predicted molar refractivity (Wildman–Crippen MR) is 110 cm³/mol. The SMILES string of the molecule is CCN1C(=O)CC(N2CCC(C3CCN(C(=O)c4ccc(F)cc4)CC3)CC2)C1=O. The van der Waals surface area contributed by atoms with Gasteiger partial charge in [0.25, 0.3) is 5.91 Å². The molecule has 3 aliphatic heterocycles. The third kappa shape index (κ3) is 4.13. The number of amides is 3. The van der Waals surface area contributed by atoms with Crippen LogP contribution in [0.1, 0.15) is 49.4 Å². The molecule has 30 heavy (non-hydrogen) atoms. The van der Waals surface area contributed by atoms with E-state index in [9.17, 15) is 18.8 Å². The molecule has 3 saturated heterocycles. The maximum atomic E-state index is 13.1. The molecule has 1 atom stereocenters. The summed E-state index contributed by atoms with van der Waals surface area (Å²) in [5.41, 5.74) is 0.542. The minimum atomic E-state index is -0.331. The summed E-state index contributed by atoms with van der Waals surface area (Å²) in [6.07, 6.45) is 4.38. The van der Waals surface area contributed by atoms with Crippen molar-refractivity contribution in [2.75, 3.05) is 32.7 Å². The van der Waals surface area contributed by atoms with Crippen molar-refractivity contribution in [1.29, 1.82) is 0 Å². The Labute approximate surface area is 177 Å². The number of benzene rings is 1. The van der Waals surface area contributed by atoms with Gasteiger partial charge in [-0.3, -0.25) is 24.2 Å². The minimum Gasteiger partial charge on any atom is -0.339 e. The molecule has 3 fully saturated rings. The fourth-order valence-electron chi connectivity index (χ4n) is 5.33. The molecule has 0 radical (unpaired) electrons. The van der Waals surface area contributed by atoms with E-state index in [1.165, 1.54) is 17.0 Å². The van der Waals surface area contributed by atoms with E-state index in [1.807, 2.05) is 11.8 Å². The standard InChI is InChI=1S/C23H30FN3O3/c1-2-27-21(28)15-20(23(27)30)25-11-7-16(8-12-25)17-9-13-26(14-10-17)22(29)18-3-5-19(24)6-4-18/h3-6,16-17,20H,2,7-15H2,1H3. The molecule has 1 aromatic rings. The number of hydrogen-bond donors (Lipinski definition) is 0. The second-order valence-corrected chi connectivity index (χ2v) is 8.71. The van der Waals surface area contributed by atoms with Crippen LogP contribution in [0.5, 0.6) is 0 Å². The zero-order valence-electron chi connectivity index (χ0n) is 17.6. The number of halogens is 1. The van der Waals surface area contributed by atoms with Crippen LogP contribution in [0.3, 0.4) is 0 Å². The lowest BCUT2D eigenvalue weighted by Crippen LogP contribution is -2.47. The van der Waals surface area contributed by atoms with Gasteiger partial charge in [0.15, 0.2) is 0 Å². The molecule has 7 heteroatoms. The highest BCUT2D eigenvalue weighted by molar-refractivity contribution is 6.05. The lowest BCUT2D eigenvalue weighted by Gasteiger charge is -2.41. The summed E-state index contributed by atoms with van der Waals surface area (Å²) in [7, 11) is 0. The number of hydrogen-bond acceptors (Lipinski definition) is 4. The van der Waals surface area contributed by atoms with E-state index >= 15 is 0 Å². The molecule has 4 rings (SSSR count). The second kappa shape index (κ2) is 8.84. The summed E-state index contributed by atoms with van der Waals surface area (Å²) >= 11 is 0. The Morgan fingerprint density at radius 3 is 2.07 bits per heavy atom. The van der Waals surface area contributed by atoms with E-state index in [1.54, 1.807) is 12.1 Å². The van der Waals surface area contributed by atoms with Crippen molar-refractivity contribution < 1.29 is 18.8 Å². The Balaban J connectivity index is 1.26. The van der Waals surface area contributed by atoms with E-state index < -0.39 is 0 Å². The Bertz CT molecular complexity index is 796. The zero-order chi connectivity index (χ0) is 21.3. The van der Waals surface area contributed by atoms with Gasteiger partial charge in [0.2, 0.25) is 11.8 Å². The number of carbonyl (C=O) groups excluding carboxylic acids is 3. The molecule has 0 aliphatic carbocycles. The van der Waals surface area contributed by atoms with E-state index in [2.05, 4.69) is 4.90 Å². The van der Waals surface area contributed by atoms with Gasteiger partial charge >= 0.3 is 0 Å². The topological polar surface area (TPSA) is 60.9 Å². The maximum absolute atomic E-state index is 13.1. The number of likely N-dealkylation sites (N-methyl/N-ethyl adjacent to an activating group) is 1. The van der Waals surface area contributed by atoms with Crippen molar-refractivity contribution in [3.05, 3.63) is 35.6 Å². The summed E-state index contributed by atoms with van der Waals surface area (Å²) in [6.45, 7) is 5.50. The molecule has 3 aliphatic rings. The van der Waals surface area contributed by atoms with Crippen molar-refractivity contribution in [2.45, 2.75) is 45.1 Å². The number of piperidine rings is 2. The fraction of sp³-hybridized carbons (Fsp3) is 0.609. The summed E-state index contributed by atoms with van der Waals surface area (Å²) in [6, 6.07) is 5.49. The lowest BCUT2D eigenvalue weighted by molar-refractivity contribution is -0.139.